The Labute approximate surface area is 157 Å². The average molecular weight is 359 g/mol. The number of carbonyl (C=O) groups excluding carboxylic acids is 2. The maximum absolute atomic E-state index is 12.2. The fraction of sp³-hybridized carbons (Fsp3) is 0.826. The number of Topliss-reactive ketones (excluding diaryl/α,β-unsaturated/α-hetero) is 1. The van der Waals surface area contributed by atoms with Crippen LogP contribution < -0.4 is 0 Å². The van der Waals surface area contributed by atoms with Crippen molar-refractivity contribution in [1.29, 1.82) is 0 Å². The van der Waals surface area contributed by atoms with Crippen LogP contribution in [0.15, 0.2) is 11.6 Å². The number of hydrogen-bond donors (Lipinski definition) is 0. The number of carbonyl (C=O) groups is 2. The third kappa shape index (κ3) is 2.60. The zero-order valence-corrected chi connectivity index (χ0v) is 16.8. The third-order valence-corrected chi connectivity index (χ3v) is 8.88. The summed E-state index contributed by atoms with van der Waals surface area (Å²) in [6.45, 7) is 8.21. The van der Waals surface area contributed by atoms with E-state index in [9.17, 15) is 9.59 Å². The molecule has 0 amide bonds. The summed E-state index contributed by atoms with van der Waals surface area (Å²) in [6, 6.07) is 0. The molecule has 7 atom stereocenters. The number of hydrogen-bond acceptors (Lipinski definition) is 3. The Morgan fingerprint density at radius 1 is 1.04 bits per heavy atom. The lowest BCUT2D eigenvalue weighted by Crippen LogP contribution is -2.51. The molecule has 144 valence electrons. The second kappa shape index (κ2) is 6.21. The monoisotopic (exact) mass is 358 g/mol. The number of esters is 1. The summed E-state index contributed by atoms with van der Waals surface area (Å²) < 4.78 is 5.53. The summed E-state index contributed by atoms with van der Waals surface area (Å²) in [6.07, 6.45) is 11.6. The zero-order valence-electron chi connectivity index (χ0n) is 16.8. The molecule has 4 aliphatic rings. The second-order valence-corrected chi connectivity index (χ2v) is 10.0. The highest BCUT2D eigenvalue weighted by Gasteiger charge is 2.59. The van der Waals surface area contributed by atoms with Crippen LogP contribution in [-0.2, 0) is 14.3 Å². The fourth-order valence-corrected chi connectivity index (χ4v) is 7.63. The van der Waals surface area contributed by atoms with Crippen LogP contribution in [0.4, 0.5) is 0 Å². The van der Waals surface area contributed by atoms with Crippen molar-refractivity contribution in [2.75, 3.05) is 0 Å². The Bertz CT molecular complexity index is 650. The van der Waals surface area contributed by atoms with E-state index in [1.165, 1.54) is 26.2 Å². The summed E-state index contributed by atoms with van der Waals surface area (Å²) in [7, 11) is 0. The maximum atomic E-state index is 12.2. The topological polar surface area (TPSA) is 43.4 Å². The van der Waals surface area contributed by atoms with Gasteiger partial charge in [-0.05, 0) is 80.5 Å². The van der Waals surface area contributed by atoms with Gasteiger partial charge in [0.25, 0.3) is 0 Å². The highest BCUT2D eigenvalue weighted by atomic mass is 16.5. The van der Waals surface area contributed by atoms with Gasteiger partial charge >= 0.3 is 5.97 Å². The van der Waals surface area contributed by atoms with Crippen LogP contribution in [-0.4, -0.2) is 17.9 Å². The minimum atomic E-state index is -0.150. The molecule has 4 aliphatic carbocycles. The van der Waals surface area contributed by atoms with Crippen LogP contribution in [0.25, 0.3) is 0 Å². The van der Waals surface area contributed by atoms with Gasteiger partial charge in [-0.3, -0.25) is 9.59 Å². The molecule has 4 rings (SSSR count). The maximum Gasteiger partial charge on any atom is 0.302 e. The van der Waals surface area contributed by atoms with Gasteiger partial charge in [-0.25, -0.2) is 0 Å². The van der Waals surface area contributed by atoms with Gasteiger partial charge in [0.15, 0.2) is 0 Å². The van der Waals surface area contributed by atoms with E-state index >= 15 is 0 Å². The molecule has 0 unspecified atom stereocenters. The first-order valence-corrected chi connectivity index (χ1v) is 10.6. The van der Waals surface area contributed by atoms with Gasteiger partial charge in [-0.1, -0.05) is 25.5 Å². The average Bonchev–Trinajstić information content (AvgIpc) is 2.92. The number of ether oxygens (including phenoxy) is 1. The number of rotatable bonds is 2. The molecule has 0 aliphatic heterocycles. The predicted octanol–water partition coefficient (Wildman–Crippen LogP) is 5.09. The summed E-state index contributed by atoms with van der Waals surface area (Å²) in [5.41, 5.74) is 2.04. The van der Waals surface area contributed by atoms with Crippen LogP contribution in [0.1, 0.15) is 79.1 Å². The normalized spacial score (nSPS) is 47.2. The smallest absolute Gasteiger partial charge is 0.302 e. The van der Waals surface area contributed by atoms with Crippen LogP contribution >= 0.6 is 0 Å². The number of fused-ring (bicyclic) bond motifs is 5. The largest absolute Gasteiger partial charge is 0.462 e. The third-order valence-electron chi connectivity index (χ3n) is 8.88. The van der Waals surface area contributed by atoms with Gasteiger partial charge < -0.3 is 4.74 Å². The SMILES string of the molecule is CC(=O)O[C@@H]1CC[C@@]2(C)C(=CC[C@H]3[C@@H]4CC[C@H](C(C)=O)[C@@]4(C)CC[C@@H]32)C1. The van der Waals surface area contributed by atoms with E-state index in [0.29, 0.717) is 11.7 Å². The van der Waals surface area contributed by atoms with Crippen molar-refractivity contribution in [1.82, 2.24) is 0 Å². The molecule has 0 bridgehead atoms. The molecule has 3 heteroatoms. The van der Waals surface area contributed by atoms with E-state index in [1.807, 2.05) is 0 Å². The Morgan fingerprint density at radius 3 is 2.50 bits per heavy atom. The van der Waals surface area contributed by atoms with E-state index in [-0.39, 0.29) is 28.8 Å². The molecule has 0 heterocycles. The molecule has 0 aromatic rings. The summed E-state index contributed by atoms with van der Waals surface area (Å²) in [5, 5.41) is 0. The minimum absolute atomic E-state index is 0.0748. The van der Waals surface area contributed by atoms with E-state index in [0.717, 1.165) is 43.9 Å². The minimum Gasteiger partial charge on any atom is -0.462 e. The molecule has 0 N–H and O–H groups in total. The van der Waals surface area contributed by atoms with E-state index in [1.54, 1.807) is 12.5 Å². The molecule has 0 aromatic heterocycles. The standard InChI is InChI=1S/C23H34O3/c1-14(24)19-7-8-20-18-6-5-16-13-17(26-15(2)25)9-11-22(16,3)21(18)10-12-23(19,20)4/h5,17-21H,6-13H2,1-4H3/t17-,18+,19-,20+,21+,22+,23-/m1/s1. The highest BCUT2D eigenvalue weighted by Crippen LogP contribution is 2.66. The first-order valence-electron chi connectivity index (χ1n) is 10.6. The molecule has 26 heavy (non-hydrogen) atoms. The molecule has 3 nitrogen and oxygen atoms in total. The molecular weight excluding hydrogens is 324 g/mol. The zero-order chi connectivity index (χ0) is 18.7. The Kier molecular flexibility index (Phi) is 4.36. The van der Waals surface area contributed by atoms with Gasteiger partial charge in [-0.2, -0.15) is 0 Å². The molecule has 0 aromatic carbocycles. The van der Waals surface area contributed by atoms with Gasteiger partial charge in [0, 0.05) is 19.3 Å². The van der Waals surface area contributed by atoms with Crippen LogP contribution in [0, 0.1) is 34.5 Å². The lowest BCUT2D eigenvalue weighted by Gasteiger charge is -2.58. The van der Waals surface area contributed by atoms with Gasteiger partial charge in [0.2, 0.25) is 0 Å². The van der Waals surface area contributed by atoms with Crippen molar-refractivity contribution in [2.45, 2.75) is 85.2 Å². The van der Waals surface area contributed by atoms with Crippen LogP contribution in [0.3, 0.4) is 0 Å². The Morgan fingerprint density at radius 2 is 1.81 bits per heavy atom. The molecule has 0 saturated heterocycles. The molecule has 3 saturated carbocycles. The first-order chi connectivity index (χ1) is 12.3. The van der Waals surface area contributed by atoms with E-state index < -0.39 is 0 Å². The van der Waals surface area contributed by atoms with Gasteiger partial charge in [0.1, 0.15) is 11.9 Å². The van der Waals surface area contributed by atoms with Crippen molar-refractivity contribution in [3.05, 3.63) is 11.6 Å². The number of allylic oxidation sites excluding steroid dienone is 1. The van der Waals surface area contributed by atoms with Crippen molar-refractivity contribution in [3.8, 4) is 0 Å². The lowest BCUT2D eigenvalue weighted by molar-refractivity contribution is -0.149. The van der Waals surface area contributed by atoms with E-state index in [2.05, 4.69) is 19.9 Å². The van der Waals surface area contributed by atoms with Crippen LogP contribution in [0.2, 0.25) is 0 Å². The van der Waals surface area contributed by atoms with Crippen molar-refractivity contribution < 1.29 is 14.3 Å². The highest BCUT2D eigenvalue weighted by molar-refractivity contribution is 5.79. The lowest BCUT2D eigenvalue weighted by atomic mass is 9.47. The summed E-state index contributed by atoms with van der Waals surface area (Å²) in [4.78, 5) is 23.6. The van der Waals surface area contributed by atoms with Crippen molar-refractivity contribution in [2.24, 2.45) is 34.5 Å². The van der Waals surface area contributed by atoms with Crippen molar-refractivity contribution in [3.63, 3.8) is 0 Å². The van der Waals surface area contributed by atoms with Crippen molar-refractivity contribution >= 4 is 11.8 Å². The Hall–Kier alpha value is -1.12. The second-order valence-electron chi connectivity index (χ2n) is 10.0. The fourth-order valence-electron chi connectivity index (χ4n) is 7.63. The van der Waals surface area contributed by atoms with Crippen LogP contribution in [0.5, 0.6) is 0 Å². The predicted molar refractivity (Wildman–Crippen MR) is 101 cm³/mol. The Balaban J connectivity index is 1.59. The molecular formula is C23H34O3. The number of ketones is 1. The molecule has 0 radical (unpaired) electrons. The van der Waals surface area contributed by atoms with Gasteiger partial charge in [0.05, 0.1) is 0 Å². The molecule has 3 fully saturated rings. The summed E-state index contributed by atoms with van der Waals surface area (Å²) in [5.74, 6) is 2.72. The molecule has 0 spiro atoms. The van der Waals surface area contributed by atoms with Gasteiger partial charge in [-0.15, -0.1) is 0 Å². The first kappa shape index (κ1) is 18.3. The quantitative estimate of drug-likeness (QED) is 0.510. The van der Waals surface area contributed by atoms with E-state index in [4.69, 9.17) is 4.74 Å². The summed E-state index contributed by atoms with van der Waals surface area (Å²) >= 11 is 0.